The van der Waals surface area contributed by atoms with Crippen molar-refractivity contribution in [2.24, 2.45) is 0 Å². The molecule has 2 rings (SSSR count). The zero-order chi connectivity index (χ0) is 22.9. The third-order valence-corrected chi connectivity index (χ3v) is 4.43. The third-order valence-electron chi connectivity index (χ3n) is 4.43. The number of nitrogens with zero attached hydrogens (tertiary/aromatic N) is 1. The Labute approximate surface area is 178 Å². The first-order valence-electron chi connectivity index (χ1n) is 9.95. The summed E-state index contributed by atoms with van der Waals surface area (Å²) < 4.78 is 65.0. The van der Waals surface area contributed by atoms with Crippen molar-refractivity contribution < 1.29 is 31.8 Å². The maximum atomic E-state index is 14.2. The molecule has 0 radical (unpaired) electrons. The van der Waals surface area contributed by atoms with E-state index in [4.69, 9.17) is 9.47 Å². The Morgan fingerprint density at radius 3 is 2.26 bits per heavy atom. The van der Waals surface area contributed by atoms with Crippen LogP contribution in [0.5, 0.6) is 0 Å². The first-order chi connectivity index (χ1) is 14.8. The SMILES string of the molecule is CCOC(CN(CCc1ccccc1)C(=O)Nc1c(F)cccc1C(F)(F)F)OCC. The van der Waals surface area contributed by atoms with Gasteiger partial charge in [0, 0.05) is 19.8 Å². The maximum absolute atomic E-state index is 14.2. The van der Waals surface area contributed by atoms with Gasteiger partial charge in [-0.15, -0.1) is 0 Å². The monoisotopic (exact) mass is 442 g/mol. The van der Waals surface area contributed by atoms with E-state index in [1.54, 1.807) is 13.8 Å². The summed E-state index contributed by atoms with van der Waals surface area (Å²) in [5.74, 6) is -1.17. The predicted octanol–water partition coefficient (Wildman–Crippen LogP) is 5.32. The molecule has 5 nitrogen and oxygen atoms in total. The van der Waals surface area contributed by atoms with E-state index in [-0.39, 0.29) is 13.1 Å². The Bertz CT molecular complexity index is 825. The van der Waals surface area contributed by atoms with Crippen molar-refractivity contribution in [1.29, 1.82) is 0 Å². The summed E-state index contributed by atoms with van der Waals surface area (Å²) in [7, 11) is 0. The predicted molar refractivity (Wildman–Crippen MR) is 109 cm³/mol. The number of hydrogen-bond acceptors (Lipinski definition) is 3. The molecule has 0 saturated carbocycles. The van der Waals surface area contributed by atoms with Crippen molar-refractivity contribution in [3.8, 4) is 0 Å². The minimum Gasteiger partial charge on any atom is -0.351 e. The van der Waals surface area contributed by atoms with Crippen LogP contribution in [0.2, 0.25) is 0 Å². The Kier molecular flexibility index (Phi) is 9.26. The van der Waals surface area contributed by atoms with Crippen LogP contribution in [0.25, 0.3) is 0 Å². The van der Waals surface area contributed by atoms with E-state index in [1.165, 1.54) is 4.90 Å². The molecule has 0 aliphatic heterocycles. The van der Waals surface area contributed by atoms with Crippen molar-refractivity contribution in [2.75, 3.05) is 31.6 Å². The molecule has 2 aromatic rings. The number of anilines is 1. The largest absolute Gasteiger partial charge is 0.418 e. The number of rotatable bonds is 10. The number of nitrogens with one attached hydrogen (secondary N) is 1. The number of benzene rings is 2. The average molecular weight is 442 g/mol. The van der Waals surface area contributed by atoms with E-state index in [1.807, 2.05) is 30.3 Å². The van der Waals surface area contributed by atoms with Crippen LogP contribution in [0, 0.1) is 5.82 Å². The van der Waals surface area contributed by atoms with Gasteiger partial charge in [0.05, 0.1) is 17.8 Å². The number of amides is 2. The second-order valence-electron chi connectivity index (χ2n) is 6.61. The van der Waals surface area contributed by atoms with Crippen LogP contribution in [-0.2, 0) is 22.1 Å². The molecule has 0 aliphatic rings. The van der Waals surface area contributed by atoms with Gasteiger partial charge in [-0.1, -0.05) is 36.4 Å². The summed E-state index contributed by atoms with van der Waals surface area (Å²) in [6, 6.07) is 10.9. The van der Waals surface area contributed by atoms with Gasteiger partial charge in [-0.05, 0) is 38.0 Å². The number of carbonyl (C=O) groups is 1. The normalized spacial score (nSPS) is 11.6. The number of halogens is 4. The summed E-state index contributed by atoms with van der Waals surface area (Å²) in [6.45, 7) is 4.30. The second-order valence-corrected chi connectivity index (χ2v) is 6.61. The van der Waals surface area contributed by atoms with E-state index in [9.17, 15) is 22.4 Å². The fraction of sp³-hybridized carbons (Fsp3) is 0.409. The van der Waals surface area contributed by atoms with E-state index >= 15 is 0 Å². The summed E-state index contributed by atoms with van der Waals surface area (Å²) in [5.41, 5.74) is -1.23. The first kappa shape index (κ1) is 24.6. The van der Waals surface area contributed by atoms with Crippen molar-refractivity contribution >= 4 is 11.7 Å². The molecule has 0 atom stereocenters. The van der Waals surface area contributed by atoms with Crippen molar-refractivity contribution in [3.05, 3.63) is 65.5 Å². The molecule has 1 N–H and O–H groups in total. The quantitative estimate of drug-likeness (QED) is 0.400. The zero-order valence-corrected chi connectivity index (χ0v) is 17.4. The van der Waals surface area contributed by atoms with Gasteiger partial charge in [-0.2, -0.15) is 13.2 Å². The Hall–Kier alpha value is -2.65. The number of alkyl halides is 3. The topological polar surface area (TPSA) is 50.8 Å². The first-order valence-corrected chi connectivity index (χ1v) is 9.95. The van der Waals surface area contributed by atoms with E-state index in [0.717, 1.165) is 23.8 Å². The molecule has 0 spiro atoms. The molecule has 170 valence electrons. The Morgan fingerprint density at radius 2 is 1.68 bits per heavy atom. The second kappa shape index (κ2) is 11.7. The molecule has 0 heterocycles. The van der Waals surface area contributed by atoms with Crippen LogP contribution in [0.1, 0.15) is 25.0 Å². The zero-order valence-electron chi connectivity index (χ0n) is 17.4. The molecule has 2 aromatic carbocycles. The summed E-state index contributed by atoms with van der Waals surface area (Å²) in [4.78, 5) is 14.1. The van der Waals surface area contributed by atoms with E-state index in [0.29, 0.717) is 19.6 Å². The van der Waals surface area contributed by atoms with Crippen molar-refractivity contribution in [2.45, 2.75) is 32.7 Å². The fourth-order valence-electron chi connectivity index (χ4n) is 2.96. The molecule has 31 heavy (non-hydrogen) atoms. The third kappa shape index (κ3) is 7.52. The standard InChI is InChI=1S/C22H26F4N2O3/c1-3-30-19(31-4-2)15-28(14-13-16-9-6-5-7-10-16)21(29)27-20-17(22(24,25)26)11-8-12-18(20)23/h5-12,19H,3-4,13-15H2,1-2H3,(H,27,29). The Balaban J connectivity index is 2.24. The van der Waals surface area contributed by atoms with Crippen LogP contribution < -0.4 is 5.32 Å². The Morgan fingerprint density at radius 1 is 1.03 bits per heavy atom. The highest BCUT2D eigenvalue weighted by molar-refractivity contribution is 5.90. The highest BCUT2D eigenvalue weighted by atomic mass is 19.4. The van der Waals surface area contributed by atoms with Gasteiger partial charge < -0.3 is 19.7 Å². The number of ether oxygens (including phenoxy) is 2. The summed E-state index contributed by atoms with van der Waals surface area (Å²) in [5, 5.41) is 2.09. The number of carbonyl (C=O) groups excluding carboxylic acids is 1. The number of urea groups is 1. The lowest BCUT2D eigenvalue weighted by atomic mass is 10.1. The van der Waals surface area contributed by atoms with Gasteiger partial charge in [-0.25, -0.2) is 9.18 Å². The number of para-hydroxylation sites is 1. The van der Waals surface area contributed by atoms with Crippen LogP contribution in [0.3, 0.4) is 0 Å². The molecule has 0 aromatic heterocycles. The van der Waals surface area contributed by atoms with Gasteiger partial charge in [0.1, 0.15) is 5.82 Å². The van der Waals surface area contributed by atoms with Gasteiger partial charge in [-0.3, -0.25) is 0 Å². The van der Waals surface area contributed by atoms with Crippen LogP contribution >= 0.6 is 0 Å². The molecule has 9 heteroatoms. The molecule has 0 fully saturated rings. The highest BCUT2D eigenvalue weighted by Crippen LogP contribution is 2.36. The smallest absolute Gasteiger partial charge is 0.351 e. The molecule has 0 aliphatic carbocycles. The highest BCUT2D eigenvalue weighted by Gasteiger charge is 2.35. The van der Waals surface area contributed by atoms with Crippen LogP contribution in [-0.4, -0.2) is 43.5 Å². The van der Waals surface area contributed by atoms with E-state index < -0.39 is 35.6 Å². The molecule has 0 unspecified atom stereocenters. The lowest BCUT2D eigenvalue weighted by Crippen LogP contribution is -2.43. The molecule has 2 amide bonds. The average Bonchev–Trinajstić information content (AvgIpc) is 2.72. The van der Waals surface area contributed by atoms with Crippen molar-refractivity contribution in [1.82, 2.24) is 4.90 Å². The minimum atomic E-state index is -4.82. The van der Waals surface area contributed by atoms with Gasteiger partial charge >= 0.3 is 12.2 Å². The van der Waals surface area contributed by atoms with E-state index in [2.05, 4.69) is 5.32 Å². The molecular weight excluding hydrogens is 416 g/mol. The van der Waals surface area contributed by atoms with Gasteiger partial charge in [0.25, 0.3) is 0 Å². The van der Waals surface area contributed by atoms with Crippen molar-refractivity contribution in [3.63, 3.8) is 0 Å². The van der Waals surface area contributed by atoms with Gasteiger partial charge in [0.2, 0.25) is 0 Å². The fourth-order valence-corrected chi connectivity index (χ4v) is 2.96. The minimum absolute atomic E-state index is 0.0316. The molecular formula is C22H26F4N2O3. The van der Waals surface area contributed by atoms with Crippen LogP contribution in [0.15, 0.2) is 48.5 Å². The lowest BCUT2D eigenvalue weighted by Gasteiger charge is -2.28. The molecule has 0 saturated heterocycles. The summed E-state index contributed by atoms with van der Waals surface area (Å²) >= 11 is 0. The van der Waals surface area contributed by atoms with Gasteiger partial charge in [0.15, 0.2) is 6.29 Å². The lowest BCUT2D eigenvalue weighted by molar-refractivity contribution is -0.142. The molecule has 0 bridgehead atoms. The van der Waals surface area contributed by atoms with Crippen LogP contribution in [0.4, 0.5) is 28.0 Å². The summed E-state index contributed by atoms with van der Waals surface area (Å²) in [6.07, 6.45) is -5.14. The maximum Gasteiger partial charge on any atom is 0.418 e. The number of hydrogen-bond donors (Lipinski definition) is 1.